The van der Waals surface area contributed by atoms with Crippen molar-refractivity contribution >= 4 is 32.7 Å². The highest BCUT2D eigenvalue weighted by Gasteiger charge is 2.26. The van der Waals surface area contributed by atoms with Crippen molar-refractivity contribution in [3.8, 4) is 0 Å². The van der Waals surface area contributed by atoms with Gasteiger partial charge in [0, 0.05) is 11.9 Å². The summed E-state index contributed by atoms with van der Waals surface area (Å²) in [7, 11) is -4.00. The second-order valence-corrected chi connectivity index (χ2v) is 7.15. The van der Waals surface area contributed by atoms with Crippen molar-refractivity contribution in [1.29, 1.82) is 5.41 Å². The lowest BCUT2D eigenvalue weighted by Crippen LogP contribution is -2.41. The number of fused-ring (bicyclic) bond motifs is 1. The Morgan fingerprint density at radius 2 is 1.88 bits per heavy atom. The predicted octanol–water partition coefficient (Wildman–Crippen LogP) is 0.835. The third-order valence-corrected chi connectivity index (χ3v) is 5.15. The normalized spacial score (nSPS) is 12.6. The molecule has 0 saturated heterocycles. The molecule has 0 heterocycles. The fraction of sp³-hybridized carbons (Fsp3) is 0.250. The van der Waals surface area contributed by atoms with Crippen molar-refractivity contribution in [3.63, 3.8) is 0 Å². The summed E-state index contributed by atoms with van der Waals surface area (Å²) in [5.41, 5.74) is 5.14. The van der Waals surface area contributed by atoms with Crippen LogP contribution in [0.15, 0.2) is 47.4 Å². The quantitative estimate of drug-likeness (QED) is 0.266. The van der Waals surface area contributed by atoms with Gasteiger partial charge in [-0.2, -0.15) is 4.72 Å². The van der Waals surface area contributed by atoms with Gasteiger partial charge in [0.2, 0.25) is 10.0 Å². The third-order valence-electron chi connectivity index (χ3n) is 3.62. The minimum atomic E-state index is -4.00. The highest BCUT2D eigenvalue weighted by molar-refractivity contribution is 7.89. The molecule has 0 bridgehead atoms. The summed E-state index contributed by atoms with van der Waals surface area (Å²) in [6, 6.07) is 10.6. The number of carboxylic acids is 1. The number of guanidine groups is 1. The molecule has 0 amide bonds. The Labute approximate surface area is 145 Å². The van der Waals surface area contributed by atoms with E-state index in [2.05, 4.69) is 10.0 Å². The number of rotatable bonds is 8. The van der Waals surface area contributed by atoms with Crippen molar-refractivity contribution < 1.29 is 18.3 Å². The number of nitrogens with two attached hydrogens (primary N) is 1. The number of carboxylic acid groups (broad SMARTS) is 1. The van der Waals surface area contributed by atoms with E-state index in [1.807, 2.05) is 0 Å². The Bertz CT molecular complexity index is 877. The lowest BCUT2D eigenvalue weighted by molar-refractivity contribution is -0.139. The van der Waals surface area contributed by atoms with Crippen LogP contribution in [-0.2, 0) is 14.8 Å². The Balaban J connectivity index is 2.19. The fourth-order valence-corrected chi connectivity index (χ4v) is 3.90. The standard InChI is InChI=1S/C16H20N4O4S/c17-16(18)19-10-4-8-13(15(21)22)20-25(23,24)14-9-3-6-11-5-1-2-7-12(11)14/h1-3,5-7,9,13,20H,4,8,10H2,(H,21,22)(H4,17,18,19). The number of nitrogens with one attached hydrogen (secondary N) is 3. The molecule has 8 nitrogen and oxygen atoms in total. The summed E-state index contributed by atoms with van der Waals surface area (Å²) in [5.74, 6) is -1.48. The minimum absolute atomic E-state index is 0.0405. The Hall–Kier alpha value is -2.65. The van der Waals surface area contributed by atoms with E-state index in [1.165, 1.54) is 6.07 Å². The first-order chi connectivity index (χ1) is 11.8. The van der Waals surface area contributed by atoms with Crippen LogP contribution in [0.4, 0.5) is 0 Å². The maximum atomic E-state index is 12.7. The van der Waals surface area contributed by atoms with Crippen LogP contribution in [0.5, 0.6) is 0 Å². The number of aliphatic carboxylic acids is 1. The van der Waals surface area contributed by atoms with Crippen molar-refractivity contribution in [2.45, 2.75) is 23.8 Å². The average Bonchev–Trinajstić information content (AvgIpc) is 2.56. The molecule has 134 valence electrons. The van der Waals surface area contributed by atoms with E-state index in [4.69, 9.17) is 11.1 Å². The van der Waals surface area contributed by atoms with Gasteiger partial charge >= 0.3 is 5.97 Å². The van der Waals surface area contributed by atoms with Gasteiger partial charge in [0.25, 0.3) is 0 Å². The molecule has 0 aliphatic rings. The van der Waals surface area contributed by atoms with Crippen molar-refractivity contribution in [1.82, 2.24) is 10.0 Å². The minimum Gasteiger partial charge on any atom is -0.480 e. The Kier molecular flexibility index (Phi) is 5.94. The Morgan fingerprint density at radius 3 is 2.56 bits per heavy atom. The van der Waals surface area contributed by atoms with Crippen LogP contribution in [0.3, 0.4) is 0 Å². The van der Waals surface area contributed by atoms with Gasteiger partial charge in [-0.05, 0) is 24.3 Å². The van der Waals surface area contributed by atoms with Crippen LogP contribution >= 0.6 is 0 Å². The molecule has 0 aliphatic carbocycles. The molecule has 0 aromatic heterocycles. The maximum absolute atomic E-state index is 12.7. The predicted molar refractivity (Wildman–Crippen MR) is 94.8 cm³/mol. The molecule has 2 aromatic carbocycles. The van der Waals surface area contributed by atoms with Crippen LogP contribution in [0, 0.1) is 5.41 Å². The average molecular weight is 364 g/mol. The molecule has 0 spiro atoms. The molecule has 1 atom stereocenters. The Morgan fingerprint density at radius 1 is 1.20 bits per heavy atom. The zero-order chi connectivity index (χ0) is 18.4. The van der Waals surface area contributed by atoms with Gasteiger partial charge in [0.1, 0.15) is 6.04 Å². The second kappa shape index (κ2) is 7.95. The van der Waals surface area contributed by atoms with Crippen LogP contribution in [0.1, 0.15) is 12.8 Å². The van der Waals surface area contributed by atoms with Crippen molar-refractivity contribution in [2.24, 2.45) is 5.73 Å². The summed E-state index contributed by atoms with van der Waals surface area (Å²) in [5, 5.41) is 20.2. The SMILES string of the molecule is N=C(N)NCCCC(NS(=O)(=O)c1cccc2ccccc12)C(=O)O. The molecule has 9 heteroatoms. The number of carbonyl (C=O) groups is 1. The fourth-order valence-electron chi connectivity index (χ4n) is 2.44. The molecule has 6 N–H and O–H groups in total. The lowest BCUT2D eigenvalue weighted by atomic mass is 10.1. The van der Waals surface area contributed by atoms with E-state index < -0.39 is 22.0 Å². The van der Waals surface area contributed by atoms with Gasteiger partial charge < -0.3 is 16.2 Å². The molecule has 0 fully saturated rings. The summed E-state index contributed by atoms with van der Waals surface area (Å²) >= 11 is 0. The van der Waals surface area contributed by atoms with E-state index in [0.717, 1.165) is 5.39 Å². The molecule has 0 radical (unpaired) electrons. The highest BCUT2D eigenvalue weighted by atomic mass is 32.2. The number of benzene rings is 2. The summed E-state index contributed by atoms with van der Waals surface area (Å²) < 4.78 is 27.6. The topological polar surface area (TPSA) is 145 Å². The first kappa shape index (κ1) is 18.7. The number of hydrogen-bond acceptors (Lipinski definition) is 4. The first-order valence-corrected chi connectivity index (χ1v) is 9.10. The first-order valence-electron chi connectivity index (χ1n) is 7.62. The molecular formula is C16H20N4O4S. The second-order valence-electron chi connectivity index (χ2n) is 5.47. The summed E-state index contributed by atoms with van der Waals surface area (Å²) in [4.78, 5) is 11.4. The smallest absolute Gasteiger partial charge is 0.321 e. The van der Waals surface area contributed by atoms with Gasteiger partial charge in [0.15, 0.2) is 5.96 Å². The highest BCUT2D eigenvalue weighted by Crippen LogP contribution is 2.23. The summed E-state index contributed by atoms with van der Waals surface area (Å²) in [6.07, 6.45) is 0.411. The molecular weight excluding hydrogens is 344 g/mol. The molecule has 25 heavy (non-hydrogen) atoms. The number of sulfonamides is 1. The number of hydrogen-bond donors (Lipinski definition) is 5. The van der Waals surface area contributed by atoms with E-state index >= 15 is 0 Å². The van der Waals surface area contributed by atoms with Gasteiger partial charge in [-0.25, -0.2) is 8.42 Å². The zero-order valence-corrected chi connectivity index (χ0v) is 14.2. The van der Waals surface area contributed by atoms with Gasteiger partial charge in [-0.15, -0.1) is 0 Å². The van der Waals surface area contributed by atoms with E-state index in [0.29, 0.717) is 11.8 Å². The largest absolute Gasteiger partial charge is 0.480 e. The molecule has 0 aliphatic heterocycles. The molecule has 1 unspecified atom stereocenters. The van der Waals surface area contributed by atoms with Crippen molar-refractivity contribution in [3.05, 3.63) is 42.5 Å². The lowest BCUT2D eigenvalue weighted by Gasteiger charge is -2.16. The summed E-state index contributed by atoms with van der Waals surface area (Å²) in [6.45, 7) is 0.287. The van der Waals surface area contributed by atoms with Crippen LogP contribution < -0.4 is 15.8 Å². The zero-order valence-electron chi connectivity index (χ0n) is 13.4. The van der Waals surface area contributed by atoms with Crippen LogP contribution in [0.25, 0.3) is 10.8 Å². The molecule has 2 rings (SSSR count). The molecule has 0 saturated carbocycles. The maximum Gasteiger partial charge on any atom is 0.321 e. The van der Waals surface area contributed by atoms with Gasteiger partial charge in [-0.3, -0.25) is 10.2 Å². The monoisotopic (exact) mass is 364 g/mol. The van der Waals surface area contributed by atoms with E-state index in [9.17, 15) is 18.3 Å². The third kappa shape index (κ3) is 4.91. The van der Waals surface area contributed by atoms with E-state index in [1.54, 1.807) is 36.4 Å². The molecule has 2 aromatic rings. The van der Waals surface area contributed by atoms with Crippen LogP contribution in [0.2, 0.25) is 0 Å². The van der Waals surface area contributed by atoms with Gasteiger partial charge in [0.05, 0.1) is 4.90 Å². The van der Waals surface area contributed by atoms with Gasteiger partial charge in [-0.1, -0.05) is 36.4 Å². The van der Waals surface area contributed by atoms with E-state index in [-0.39, 0.29) is 23.8 Å². The van der Waals surface area contributed by atoms with Crippen molar-refractivity contribution in [2.75, 3.05) is 6.54 Å². The van der Waals surface area contributed by atoms with Crippen LogP contribution in [-0.4, -0.2) is 38.0 Å².